The molecule has 2 aliphatic rings. The summed E-state index contributed by atoms with van der Waals surface area (Å²) in [5.41, 5.74) is -0.602. The highest BCUT2D eigenvalue weighted by Gasteiger charge is 2.47. The van der Waals surface area contributed by atoms with E-state index in [1.807, 2.05) is 6.07 Å². The summed E-state index contributed by atoms with van der Waals surface area (Å²) in [5, 5.41) is 2.37. The second-order valence-corrected chi connectivity index (χ2v) is 8.64. The Labute approximate surface area is 186 Å². The summed E-state index contributed by atoms with van der Waals surface area (Å²) in [4.78, 5) is 40.8. The third-order valence-corrected chi connectivity index (χ3v) is 6.62. The van der Waals surface area contributed by atoms with Crippen LogP contribution in [0.3, 0.4) is 0 Å². The van der Waals surface area contributed by atoms with Gasteiger partial charge < -0.3 is 24.7 Å². The fourth-order valence-corrected chi connectivity index (χ4v) is 4.95. The van der Waals surface area contributed by atoms with Crippen LogP contribution in [-0.2, 0) is 13.2 Å². The number of alkyl halides is 3. The standard InChI is InChI=1S/C21H22F3N7O2/c1-29-10-12(21(22,23)24)6-15(19(29)32)28-20(33)30(2)16-7-13-5-11(16)9-31(13)17-8-26-18-14(27-17)3-4-25-18/h3-4,6,8,10-11,13,16H,5,7,9H2,1-2H3,(H,25,26)(H,28,33). The summed E-state index contributed by atoms with van der Waals surface area (Å²) in [6.45, 7) is 0.697. The van der Waals surface area contributed by atoms with E-state index in [0.29, 0.717) is 25.2 Å². The molecule has 2 amide bonds. The molecule has 3 atom stereocenters. The van der Waals surface area contributed by atoms with E-state index in [-0.39, 0.29) is 18.0 Å². The normalized spacial score (nSPS) is 22.2. The van der Waals surface area contributed by atoms with Crippen molar-refractivity contribution in [1.82, 2.24) is 24.4 Å². The molecular weight excluding hydrogens is 439 g/mol. The third-order valence-electron chi connectivity index (χ3n) is 6.62. The van der Waals surface area contributed by atoms with Crippen LogP contribution in [0.5, 0.6) is 0 Å². The van der Waals surface area contributed by atoms with E-state index in [1.54, 1.807) is 19.4 Å². The highest BCUT2D eigenvalue weighted by Crippen LogP contribution is 2.42. The van der Waals surface area contributed by atoms with Gasteiger partial charge in [0.25, 0.3) is 5.56 Å². The van der Waals surface area contributed by atoms with Gasteiger partial charge in [0.1, 0.15) is 17.0 Å². The molecule has 1 aliphatic heterocycles. The Morgan fingerprint density at radius 2 is 2.12 bits per heavy atom. The molecular formula is C21H22F3N7O2. The quantitative estimate of drug-likeness (QED) is 0.625. The van der Waals surface area contributed by atoms with Crippen molar-refractivity contribution >= 4 is 28.7 Å². The lowest BCUT2D eigenvalue weighted by atomic mass is 10.0. The number of aromatic nitrogens is 4. The second kappa shape index (κ2) is 7.49. The van der Waals surface area contributed by atoms with Gasteiger partial charge in [-0.1, -0.05) is 0 Å². The third kappa shape index (κ3) is 3.68. The Balaban J connectivity index is 1.29. The molecule has 1 saturated carbocycles. The van der Waals surface area contributed by atoms with Gasteiger partial charge in [-0.3, -0.25) is 4.79 Å². The number of carbonyl (C=O) groups is 1. The number of hydrogen-bond acceptors (Lipinski definition) is 5. The molecule has 33 heavy (non-hydrogen) atoms. The van der Waals surface area contributed by atoms with Crippen LogP contribution in [0, 0.1) is 5.92 Å². The first-order valence-electron chi connectivity index (χ1n) is 10.5. The topological polar surface area (TPSA) is 99.1 Å². The minimum absolute atomic E-state index is 0.0927. The van der Waals surface area contributed by atoms with Crippen LogP contribution in [0.25, 0.3) is 11.2 Å². The van der Waals surface area contributed by atoms with Gasteiger partial charge in [0.2, 0.25) is 0 Å². The SMILES string of the molecule is CN(C(=O)Nc1cc(C(F)(F)F)cn(C)c1=O)C1CC2CC1CN2c1cnc2[nH]ccc2n1. The molecule has 174 valence electrons. The molecule has 1 saturated heterocycles. The molecule has 9 nitrogen and oxygen atoms in total. The number of urea groups is 1. The number of aromatic amines is 1. The molecule has 2 fully saturated rings. The van der Waals surface area contributed by atoms with Gasteiger partial charge in [0.05, 0.1) is 11.8 Å². The molecule has 4 heterocycles. The lowest BCUT2D eigenvalue weighted by Gasteiger charge is -2.36. The molecule has 3 aromatic heterocycles. The van der Waals surface area contributed by atoms with E-state index in [2.05, 4.69) is 25.2 Å². The van der Waals surface area contributed by atoms with E-state index in [0.717, 1.165) is 28.0 Å². The van der Waals surface area contributed by atoms with Crippen molar-refractivity contribution in [3.8, 4) is 0 Å². The van der Waals surface area contributed by atoms with Gasteiger partial charge in [0.15, 0.2) is 5.65 Å². The van der Waals surface area contributed by atoms with Crippen LogP contribution in [0.2, 0.25) is 0 Å². The number of fused-ring (bicyclic) bond motifs is 3. The largest absolute Gasteiger partial charge is 0.417 e. The van der Waals surface area contributed by atoms with Crippen molar-refractivity contribution in [2.75, 3.05) is 23.8 Å². The fraction of sp³-hybridized carbons (Fsp3) is 0.429. The molecule has 3 aromatic rings. The first-order valence-corrected chi connectivity index (χ1v) is 10.5. The average Bonchev–Trinajstić information content (AvgIpc) is 3.50. The summed E-state index contributed by atoms with van der Waals surface area (Å²) in [6, 6.07) is 2.02. The van der Waals surface area contributed by atoms with Crippen molar-refractivity contribution in [1.29, 1.82) is 0 Å². The zero-order valence-corrected chi connectivity index (χ0v) is 17.9. The molecule has 2 N–H and O–H groups in total. The second-order valence-electron chi connectivity index (χ2n) is 8.64. The molecule has 12 heteroatoms. The smallest absolute Gasteiger partial charge is 0.352 e. The molecule has 2 bridgehead atoms. The van der Waals surface area contributed by atoms with Crippen molar-refractivity contribution < 1.29 is 18.0 Å². The van der Waals surface area contributed by atoms with E-state index in [4.69, 9.17) is 0 Å². The number of hydrogen-bond donors (Lipinski definition) is 2. The van der Waals surface area contributed by atoms with Gasteiger partial charge in [-0.15, -0.1) is 0 Å². The number of pyridine rings is 1. The summed E-state index contributed by atoms with van der Waals surface area (Å²) in [6.07, 6.45) is 1.17. The van der Waals surface area contributed by atoms with Crippen molar-refractivity contribution in [3.05, 3.63) is 46.6 Å². The first-order chi connectivity index (χ1) is 15.6. The number of halogens is 3. The molecule has 0 aromatic carbocycles. The number of nitrogens with one attached hydrogen (secondary N) is 2. The van der Waals surface area contributed by atoms with Gasteiger partial charge in [-0.2, -0.15) is 13.2 Å². The summed E-state index contributed by atoms with van der Waals surface area (Å²) < 4.78 is 40.2. The summed E-state index contributed by atoms with van der Waals surface area (Å²) >= 11 is 0. The number of piperidine rings is 1. The zero-order valence-electron chi connectivity index (χ0n) is 17.9. The summed E-state index contributed by atoms with van der Waals surface area (Å²) in [5.74, 6) is 0.964. The van der Waals surface area contributed by atoms with E-state index in [9.17, 15) is 22.8 Å². The Morgan fingerprint density at radius 1 is 1.33 bits per heavy atom. The Bertz CT molecular complexity index is 1280. The number of aryl methyl sites for hydroxylation is 1. The van der Waals surface area contributed by atoms with Crippen LogP contribution in [0.15, 0.2) is 35.5 Å². The monoisotopic (exact) mass is 461 g/mol. The number of rotatable bonds is 3. The number of amides is 2. The molecule has 1 aliphatic carbocycles. The van der Waals surface area contributed by atoms with Gasteiger partial charge in [-0.05, 0) is 30.9 Å². The average molecular weight is 461 g/mol. The summed E-state index contributed by atoms with van der Waals surface area (Å²) in [7, 11) is 2.82. The lowest BCUT2D eigenvalue weighted by molar-refractivity contribution is -0.138. The Hall–Kier alpha value is -3.57. The Kier molecular flexibility index (Phi) is 4.83. The van der Waals surface area contributed by atoms with Crippen LogP contribution < -0.4 is 15.8 Å². The first kappa shape index (κ1) is 21.3. The zero-order chi connectivity index (χ0) is 23.5. The van der Waals surface area contributed by atoms with Crippen molar-refractivity contribution in [2.24, 2.45) is 13.0 Å². The maximum absolute atomic E-state index is 13.1. The van der Waals surface area contributed by atoms with Crippen LogP contribution in [0.4, 0.5) is 29.5 Å². The van der Waals surface area contributed by atoms with E-state index in [1.165, 1.54) is 11.9 Å². The van der Waals surface area contributed by atoms with Gasteiger partial charge >= 0.3 is 12.2 Å². The molecule has 5 rings (SSSR count). The molecule has 0 spiro atoms. The highest BCUT2D eigenvalue weighted by molar-refractivity contribution is 5.89. The predicted octanol–water partition coefficient (Wildman–Crippen LogP) is 2.81. The Morgan fingerprint density at radius 3 is 2.82 bits per heavy atom. The van der Waals surface area contributed by atoms with Crippen molar-refractivity contribution in [3.63, 3.8) is 0 Å². The fourth-order valence-electron chi connectivity index (χ4n) is 4.95. The lowest BCUT2D eigenvalue weighted by Crippen LogP contribution is -2.48. The number of nitrogens with zero attached hydrogens (tertiary/aromatic N) is 5. The molecule has 0 radical (unpaired) electrons. The number of carbonyl (C=O) groups excluding carboxylic acids is 1. The van der Waals surface area contributed by atoms with E-state index >= 15 is 0 Å². The van der Waals surface area contributed by atoms with Crippen LogP contribution in [0.1, 0.15) is 18.4 Å². The molecule has 3 unspecified atom stereocenters. The van der Waals surface area contributed by atoms with Crippen LogP contribution in [-0.4, -0.2) is 56.1 Å². The van der Waals surface area contributed by atoms with Crippen molar-refractivity contribution in [2.45, 2.75) is 31.1 Å². The minimum atomic E-state index is -4.63. The highest BCUT2D eigenvalue weighted by atomic mass is 19.4. The van der Waals surface area contributed by atoms with Crippen LogP contribution >= 0.6 is 0 Å². The van der Waals surface area contributed by atoms with Gasteiger partial charge in [-0.25, -0.2) is 14.8 Å². The maximum Gasteiger partial charge on any atom is 0.417 e. The predicted molar refractivity (Wildman–Crippen MR) is 115 cm³/mol. The van der Waals surface area contributed by atoms with E-state index < -0.39 is 29.0 Å². The number of anilines is 2. The number of H-pyrrole nitrogens is 1. The van der Waals surface area contributed by atoms with Gasteiger partial charge in [0, 0.05) is 45.1 Å². The maximum atomic E-state index is 13.1. The minimum Gasteiger partial charge on any atom is -0.352 e.